The van der Waals surface area contributed by atoms with Gasteiger partial charge in [-0.05, 0) is 46.2 Å². The minimum Gasteiger partial charge on any atom is -0.309 e. The second-order valence-corrected chi connectivity index (χ2v) is 5.53. The summed E-state index contributed by atoms with van der Waals surface area (Å²) in [6.45, 7) is 1.67. The van der Waals surface area contributed by atoms with Crippen molar-refractivity contribution in [2.45, 2.75) is 13.1 Å². The van der Waals surface area contributed by atoms with Crippen LogP contribution in [0, 0.1) is 0 Å². The highest BCUT2D eigenvalue weighted by molar-refractivity contribution is 7.07. The van der Waals surface area contributed by atoms with Gasteiger partial charge in [0.15, 0.2) is 0 Å². The summed E-state index contributed by atoms with van der Waals surface area (Å²) in [5.41, 5.74) is 3.47. The fourth-order valence-corrected chi connectivity index (χ4v) is 2.96. The number of fused-ring (bicyclic) bond motifs is 1. The lowest BCUT2D eigenvalue weighted by atomic mass is 10.1. The topological polar surface area (TPSA) is 24.9 Å². The van der Waals surface area contributed by atoms with Crippen molar-refractivity contribution in [2.75, 3.05) is 0 Å². The summed E-state index contributed by atoms with van der Waals surface area (Å²) in [5, 5.41) is 9.46. The van der Waals surface area contributed by atoms with E-state index in [1.165, 1.54) is 11.1 Å². The molecule has 4 heteroatoms. The maximum absolute atomic E-state index is 6.19. The van der Waals surface area contributed by atoms with Gasteiger partial charge in [-0.2, -0.15) is 11.3 Å². The van der Waals surface area contributed by atoms with E-state index in [0.29, 0.717) is 0 Å². The third-order valence-electron chi connectivity index (χ3n) is 3.02. The lowest BCUT2D eigenvalue weighted by Crippen LogP contribution is -2.12. The summed E-state index contributed by atoms with van der Waals surface area (Å²) in [7, 11) is 0. The first kappa shape index (κ1) is 12.6. The zero-order chi connectivity index (χ0) is 13.1. The first-order chi connectivity index (χ1) is 9.34. The van der Waals surface area contributed by atoms with Crippen molar-refractivity contribution in [1.29, 1.82) is 0 Å². The van der Waals surface area contributed by atoms with Gasteiger partial charge in [0.25, 0.3) is 0 Å². The summed E-state index contributed by atoms with van der Waals surface area (Å²) in [6.07, 6.45) is 1.81. The normalized spacial score (nSPS) is 11.0. The van der Waals surface area contributed by atoms with Crippen molar-refractivity contribution in [3.05, 3.63) is 63.4 Å². The molecular weight excluding hydrogens is 276 g/mol. The average molecular weight is 289 g/mol. The second kappa shape index (κ2) is 5.70. The van der Waals surface area contributed by atoms with E-state index in [1.807, 2.05) is 24.3 Å². The second-order valence-electron chi connectivity index (χ2n) is 4.34. The molecule has 0 radical (unpaired) electrons. The highest BCUT2D eigenvalue weighted by Crippen LogP contribution is 2.24. The number of benzene rings is 1. The number of hydrogen-bond acceptors (Lipinski definition) is 3. The molecule has 0 atom stereocenters. The zero-order valence-electron chi connectivity index (χ0n) is 10.3. The molecule has 96 valence electrons. The van der Waals surface area contributed by atoms with Crippen molar-refractivity contribution in [1.82, 2.24) is 10.3 Å². The summed E-state index contributed by atoms with van der Waals surface area (Å²) in [6, 6.07) is 10.0. The number of thiophene rings is 1. The highest BCUT2D eigenvalue weighted by Gasteiger charge is 2.05. The molecule has 2 heterocycles. The Morgan fingerprint density at radius 3 is 2.95 bits per heavy atom. The molecule has 0 saturated heterocycles. The van der Waals surface area contributed by atoms with Crippen molar-refractivity contribution in [2.24, 2.45) is 0 Å². The van der Waals surface area contributed by atoms with E-state index >= 15 is 0 Å². The summed E-state index contributed by atoms with van der Waals surface area (Å²) < 4.78 is 0. The van der Waals surface area contributed by atoms with Crippen LogP contribution in [0.5, 0.6) is 0 Å². The van der Waals surface area contributed by atoms with Crippen LogP contribution in [0.4, 0.5) is 0 Å². The molecule has 0 spiro atoms. The number of halogens is 1. The molecule has 0 unspecified atom stereocenters. The molecule has 3 aromatic rings. The van der Waals surface area contributed by atoms with Crippen LogP contribution in [0.15, 0.2) is 47.3 Å². The van der Waals surface area contributed by atoms with E-state index in [2.05, 4.69) is 27.1 Å². The molecule has 0 aliphatic carbocycles. The molecule has 2 aromatic heterocycles. The van der Waals surface area contributed by atoms with Crippen LogP contribution >= 0.6 is 22.9 Å². The predicted octanol–water partition coefficient (Wildman–Crippen LogP) is 4.24. The third-order valence-corrected chi connectivity index (χ3v) is 4.09. The van der Waals surface area contributed by atoms with E-state index in [0.717, 1.165) is 29.0 Å². The molecule has 2 nitrogen and oxygen atoms in total. The number of hydrogen-bond donors (Lipinski definition) is 1. The maximum atomic E-state index is 6.19. The number of nitrogens with one attached hydrogen (secondary N) is 1. The van der Waals surface area contributed by atoms with E-state index in [-0.39, 0.29) is 0 Å². The van der Waals surface area contributed by atoms with Crippen LogP contribution in [0.1, 0.15) is 11.1 Å². The standard InChI is InChI=1S/C15H13ClN2S/c16-14-4-3-12(15-13(14)2-1-6-18-15)9-17-8-11-5-7-19-10-11/h1-7,10,17H,8-9H2. The first-order valence-corrected chi connectivity index (χ1v) is 7.40. The lowest BCUT2D eigenvalue weighted by molar-refractivity contribution is 0.697. The van der Waals surface area contributed by atoms with Gasteiger partial charge >= 0.3 is 0 Å². The van der Waals surface area contributed by atoms with Gasteiger partial charge in [0, 0.05) is 29.7 Å². The Hall–Kier alpha value is -1.42. The summed E-state index contributed by atoms with van der Waals surface area (Å²) >= 11 is 7.91. The van der Waals surface area contributed by atoms with Crippen LogP contribution in [0.3, 0.4) is 0 Å². The van der Waals surface area contributed by atoms with Gasteiger partial charge < -0.3 is 5.32 Å². The third kappa shape index (κ3) is 2.78. The van der Waals surface area contributed by atoms with Gasteiger partial charge in [-0.1, -0.05) is 17.7 Å². The molecule has 1 N–H and O–H groups in total. The van der Waals surface area contributed by atoms with Crippen LogP contribution in [0.25, 0.3) is 10.9 Å². The molecule has 0 fully saturated rings. The van der Waals surface area contributed by atoms with E-state index in [4.69, 9.17) is 11.6 Å². The SMILES string of the molecule is Clc1ccc(CNCc2ccsc2)c2ncccc12. The van der Waals surface area contributed by atoms with Gasteiger partial charge in [-0.3, -0.25) is 4.98 Å². The monoisotopic (exact) mass is 288 g/mol. The molecular formula is C15H13ClN2S. The molecule has 3 rings (SSSR count). The van der Waals surface area contributed by atoms with Crippen LogP contribution in [0.2, 0.25) is 5.02 Å². The fourth-order valence-electron chi connectivity index (χ4n) is 2.07. The zero-order valence-corrected chi connectivity index (χ0v) is 11.8. The van der Waals surface area contributed by atoms with Crippen molar-refractivity contribution in [3.8, 4) is 0 Å². The van der Waals surface area contributed by atoms with E-state index in [1.54, 1.807) is 17.5 Å². The number of pyridine rings is 1. The van der Waals surface area contributed by atoms with Gasteiger partial charge in [0.05, 0.1) is 5.52 Å². The number of nitrogens with zero attached hydrogens (tertiary/aromatic N) is 1. The highest BCUT2D eigenvalue weighted by atomic mass is 35.5. The average Bonchev–Trinajstić information content (AvgIpc) is 2.95. The minimum atomic E-state index is 0.754. The molecule has 0 amide bonds. The van der Waals surface area contributed by atoms with Crippen molar-refractivity contribution >= 4 is 33.8 Å². The molecule has 0 saturated carbocycles. The van der Waals surface area contributed by atoms with Crippen molar-refractivity contribution in [3.63, 3.8) is 0 Å². The molecule has 19 heavy (non-hydrogen) atoms. The molecule has 0 bridgehead atoms. The Labute approximate surface area is 121 Å². The molecule has 1 aromatic carbocycles. The quantitative estimate of drug-likeness (QED) is 0.777. The Morgan fingerprint density at radius 2 is 2.11 bits per heavy atom. The Bertz CT molecular complexity index is 680. The fraction of sp³-hybridized carbons (Fsp3) is 0.133. The predicted molar refractivity (Wildman–Crippen MR) is 81.6 cm³/mol. The largest absolute Gasteiger partial charge is 0.309 e. The van der Waals surface area contributed by atoms with Crippen LogP contribution in [-0.2, 0) is 13.1 Å². The lowest BCUT2D eigenvalue weighted by Gasteiger charge is -2.08. The molecule has 0 aliphatic rings. The molecule has 0 aliphatic heterocycles. The van der Waals surface area contributed by atoms with Gasteiger partial charge in [-0.15, -0.1) is 0 Å². The number of aromatic nitrogens is 1. The van der Waals surface area contributed by atoms with Crippen molar-refractivity contribution < 1.29 is 0 Å². The van der Waals surface area contributed by atoms with Crippen LogP contribution in [-0.4, -0.2) is 4.98 Å². The minimum absolute atomic E-state index is 0.754. The summed E-state index contributed by atoms with van der Waals surface area (Å²) in [5.74, 6) is 0. The Kier molecular flexibility index (Phi) is 3.78. The van der Waals surface area contributed by atoms with Gasteiger partial charge in [-0.25, -0.2) is 0 Å². The van der Waals surface area contributed by atoms with E-state index in [9.17, 15) is 0 Å². The van der Waals surface area contributed by atoms with Gasteiger partial charge in [0.2, 0.25) is 0 Å². The smallest absolute Gasteiger partial charge is 0.0761 e. The maximum Gasteiger partial charge on any atom is 0.0761 e. The Balaban J connectivity index is 1.79. The summed E-state index contributed by atoms with van der Waals surface area (Å²) in [4.78, 5) is 4.44. The first-order valence-electron chi connectivity index (χ1n) is 6.08. The number of rotatable bonds is 4. The van der Waals surface area contributed by atoms with Crippen LogP contribution < -0.4 is 5.32 Å². The van der Waals surface area contributed by atoms with Gasteiger partial charge in [0.1, 0.15) is 0 Å². The Morgan fingerprint density at radius 1 is 1.16 bits per heavy atom. The van der Waals surface area contributed by atoms with E-state index < -0.39 is 0 Å².